The van der Waals surface area contributed by atoms with Gasteiger partial charge >= 0.3 is 6.09 Å². The van der Waals surface area contributed by atoms with Crippen LogP contribution in [0, 0.1) is 5.92 Å². The lowest BCUT2D eigenvalue weighted by atomic mass is 10.0. The molecule has 6 heteroatoms. The van der Waals surface area contributed by atoms with Gasteiger partial charge in [0.1, 0.15) is 5.60 Å². The normalized spacial score (nSPS) is 24.6. The van der Waals surface area contributed by atoms with Crippen LogP contribution < -0.4 is 11.1 Å². The van der Waals surface area contributed by atoms with Gasteiger partial charge in [0.2, 0.25) is 5.91 Å². The molecule has 3 N–H and O–H groups in total. The van der Waals surface area contributed by atoms with E-state index in [2.05, 4.69) is 5.32 Å². The summed E-state index contributed by atoms with van der Waals surface area (Å²) in [6, 6.07) is -0.331. The molecule has 1 aliphatic rings. The highest BCUT2D eigenvalue weighted by Gasteiger charge is 2.38. The Labute approximate surface area is 101 Å². The second-order valence-corrected chi connectivity index (χ2v) is 5.27. The number of nitrogens with zero attached hydrogens (tertiary/aromatic N) is 1. The smallest absolute Gasteiger partial charge is 0.410 e. The van der Waals surface area contributed by atoms with E-state index in [9.17, 15) is 9.59 Å². The van der Waals surface area contributed by atoms with Crippen LogP contribution in [0.3, 0.4) is 0 Å². The Morgan fingerprint density at radius 2 is 1.94 bits per heavy atom. The Hall–Kier alpha value is -1.30. The van der Waals surface area contributed by atoms with E-state index >= 15 is 0 Å². The van der Waals surface area contributed by atoms with Crippen LogP contribution in [0.4, 0.5) is 4.79 Å². The van der Waals surface area contributed by atoms with Crippen LogP contribution in [0.25, 0.3) is 0 Å². The van der Waals surface area contributed by atoms with Crippen molar-refractivity contribution in [3.05, 3.63) is 0 Å². The van der Waals surface area contributed by atoms with Crippen molar-refractivity contribution in [3.63, 3.8) is 0 Å². The first-order valence-corrected chi connectivity index (χ1v) is 5.69. The molecular formula is C11H21N3O3. The van der Waals surface area contributed by atoms with Crippen molar-refractivity contribution in [1.29, 1.82) is 0 Å². The maximum Gasteiger partial charge on any atom is 0.410 e. The lowest BCUT2D eigenvalue weighted by molar-refractivity contribution is -0.124. The van der Waals surface area contributed by atoms with E-state index in [0.717, 1.165) is 0 Å². The number of hydrogen-bond acceptors (Lipinski definition) is 4. The van der Waals surface area contributed by atoms with E-state index in [1.165, 1.54) is 4.90 Å². The summed E-state index contributed by atoms with van der Waals surface area (Å²) in [5.74, 6) is -0.490. The second-order valence-electron chi connectivity index (χ2n) is 5.27. The monoisotopic (exact) mass is 243 g/mol. The topological polar surface area (TPSA) is 84.7 Å². The van der Waals surface area contributed by atoms with Gasteiger partial charge in [-0.15, -0.1) is 0 Å². The van der Waals surface area contributed by atoms with Crippen LogP contribution >= 0.6 is 0 Å². The molecule has 0 saturated carbocycles. The van der Waals surface area contributed by atoms with Crippen LogP contribution in [0.1, 0.15) is 20.8 Å². The van der Waals surface area contributed by atoms with Crippen LogP contribution in [0.15, 0.2) is 0 Å². The van der Waals surface area contributed by atoms with Crippen molar-refractivity contribution in [2.75, 3.05) is 20.1 Å². The Kier molecular flexibility index (Phi) is 3.98. The minimum atomic E-state index is -0.535. The fourth-order valence-electron chi connectivity index (χ4n) is 1.77. The van der Waals surface area contributed by atoms with Gasteiger partial charge in [-0.3, -0.25) is 4.79 Å². The lowest BCUT2D eigenvalue weighted by Crippen LogP contribution is -2.39. The van der Waals surface area contributed by atoms with Gasteiger partial charge in [0.15, 0.2) is 0 Å². The Morgan fingerprint density at radius 1 is 1.35 bits per heavy atom. The summed E-state index contributed by atoms with van der Waals surface area (Å²) in [7, 11) is 1.56. The van der Waals surface area contributed by atoms with Crippen molar-refractivity contribution in [1.82, 2.24) is 10.2 Å². The Bertz CT molecular complexity index is 312. The zero-order chi connectivity index (χ0) is 13.2. The van der Waals surface area contributed by atoms with E-state index in [1.807, 2.05) is 0 Å². The fraction of sp³-hybridized carbons (Fsp3) is 0.818. The molecule has 6 nitrogen and oxygen atoms in total. The maximum atomic E-state index is 11.8. The summed E-state index contributed by atoms with van der Waals surface area (Å²) in [6.07, 6.45) is -0.417. The summed E-state index contributed by atoms with van der Waals surface area (Å²) < 4.78 is 5.23. The van der Waals surface area contributed by atoms with Gasteiger partial charge in [0, 0.05) is 26.2 Å². The van der Waals surface area contributed by atoms with E-state index < -0.39 is 11.7 Å². The van der Waals surface area contributed by atoms with E-state index in [4.69, 9.17) is 10.5 Å². The number of hydrogen-bond donors (Lipinski definition) is 2. The van der Waals surface area contributed by atoms with Crippen LogP contribution in [-0.2, 0) is 9.53 Å². The number of carbonyl (C=O) groups excluding carboxylic acids is 2. The molecule has 1 fully saturated rings. The molecule has 0 aromatic heterocycles. The fourth-order valence-corrected chi connectivity index (χ4v) is 1.77. The first-order valence-electron chi connectivity index (χ1n) is 5.69. The van der Waals surface area contributed by atoms with Crippen molar-refractivity contribution in [3.8, 4) is 0 Å². The first kappa shape index (κ1) is 13.8. The van der Waals surface area contributed by atoms with Gasteiger partial charge in [0.25, 0.3) is 0 Å². The lowest BCUT2D eigenvalue weighted by Gasteiger charge is -2.24. The van der Waals surface area contributed by atoms with Gasteiger partial charge in [-0.1, -0.05) is 0 Å². The largest absolute Gasteiger partial charge is 0.444 e. The summed E-state index contributed by atoms with van der Waals surface area (Å²) in [5.41, 5.74) is 5.30. The molecule has 98 valence electrons. The standard InChI is InChI=1S/C11H21N3O3/c1-11(2,3)17-10(16)14-5-7(8(12)6-14)9(15)13-4/h7-8H,5-6,12H2,1-4H3,(H,13,15). The second kappa shape index (κ2) is 4.91. The van der Waals surface area contributed by atoms with E-state index in [-0.39, 0.29) is 17.9 Å². The third-order valence-corrected chi connectivity index (χ3v) is 2.60. The summed E-state index contributed by atoms with van der Waals surface area (Å²) in [4.78, 5) is 24.8. The summed E-state index contributed by atoms with van der Waals surface area (Å²) in [5, 5.41) is 2.55. The number of amides is 2. The molecule has 0 aromatic rings. The third-order valence-electron chi connectivity index (χ3n) is 2.60. The molecular weight excluding hydrogens is 222 g/mol. The molecule has 2 amide bonds. The Morgan fingerprint density at radius 3 is 2.41 bits per heavy atom. The zero-order valence-corrected chi connectivity index (χ0v) is 10.8. The SMILES string of the molecule is CNC(=O)C1CN(C(=O)OC(C)(C)C)CC1N. The number of carbonyl (C=O) groups is 2. The van der Waals surface area contributed by atoms with Gasteiger partial charge < -0.3 is 20.7 Å². The van der Waals surface area contributed by atoms with E-state index in [1.54, 1.807) is 27.8 Å². The molecule has 0 aromatic carbocycles. The molecule has 0 spiro atoms. The summed E-state index contributed by atoms with van der Waals surface area (Å²) in [6.45, 7) is 6.08. The molecule has 1 saturated heterocycles. The van der Waals surface area contributed by atoms with Crippen molar-refractivity contribution < 1.29 is 14.3 Å². The number of rotatable bonds is 1. The summed E-state index contributed by atoms with van der Waals surface area (Å²) >= 11 is 0. The van der Waals surface area contributed by atoms with Crippen LogP contribution in [-0.4, -0.2) is 48.7 Å². The number of ether oxygens (including phenoxy) is 1. The molecule has 0 radical (unpaired) electrons. The molecule has 2 unspecified atom stereocenters. The molecule has 2 atom stereocenters. The average molecular weight is 243 g/mol. The van der Waals surface area contributed by atoms with Gasteiger partial charge in [-0.2, -0.15) is 0 Å². The number of nitrogens with one attached hydrogen (secondary N) is 1. The quantitative estimate of drug-likeness (QED) is 0.675. The van der Waals surface area contributed by atoms with Crippen molar-refractivity contribution in [2.24, 2.45) is 11.7 Å². The van der Waals surface area contributed by atoms with Gasteiger partial charge in [-0.05, 0) is 20.8 Å². The van der Waals surface area contributed by atoms with Gasteiger partial charge in [-0.25, -0.2) is 4.79 Å². The predicted octanol–water partition coefficient (Wildman–Crippen LogP) is -0.0734. The molecule has 17 heavy (non-hydrogen) atoms. The molecule has 1 aliphatic heterocycles. The first-order chi connectivity index (χ1) is 7.74. The molecule has 0 bridgehead atoms. The zero-order valence-electron chi connectivity index (χ0n) is 10.8. The van der Waals surface area contributed by atoms with Crippen molar-refractivity contribution >= 4 is 12.0 Å². The third kappa shape index (κ3) is 3.59. The highest BCUT2D eigenvalue weighted by Crippen LogP contribution is 2.18. The highest BCUT2D eigenvalue weighted by molar-refractivity contribution is 5.81. The minimum Gasteiger partial charge on any atom is -0.444 e. The maximum absolute atomic E-state index is 11.8. The van der Waals surface area contributed by atoms with Crippen LogP contribution in [0.5, 0.6) is 0 Å². The number of likely N-dealkylation sites (tertiary alicyclic amines) is 1. The average Bonchev–Trinajstić information content (AvgIpc) is 2.57. The van der Waals surface area contributed by atoms with Gasteiger partial charge in [0.05, 0.1) is 5.92 Å². The predicted molar refractivity (Wildman–Crippen MR) is 63.3 cm³/mol. The molecule has 0 aliphatic carbocycles. The molecule has 1 heterocycles. The number of nitrogens with two attached hydrogens (primary N) is 1. The molecule has 1 rings (SSSR count). The van der Waals surface area contributed by atoms with E-state index in [0.29, 0.717) is 13.1 Å². The minimum absolute atomic E-state index is 0.136. The van der Waals surface area contributed by atoms with Crippen LogP contribution in [0.2, 0.25) is 0 Å². The highest BCUT2D eigenvalue weighted by atomic mass is 16.6. The Balaban J connectivity index is 2.60. The van der Waals surface area contributed by atoms with Crippen molar-refractivity contribution in [2.45, 2.75) is 32.4 Å².